The second kappa shape index (κ2) is 9.05. The number of hydrogen-bond donors (Lipinski definition) is 0. The first kappa shape index (κ1) is 20.8. The number of ether oxygens (including phenoxy) is 1. The lowest BCUT2D eigenvalue weighted by molar-refractivity contribution is -0.136. The first-order valence-electron chi connectivity index (χ1n) is 8.75. The van der Waals surface area contributed by atoms with Crippen molar-refractivity contribution in [3.63, 3.8) is 0 Å². The monoisotopic (exact) mass is 468 g/mol. The quantitative estimate of drug-likeness (QED) is 0.451. The Bertz CT molecular complexity index is 942. The van der Waals surface area contributed by atoms with Crippen LogP contribution in [0.1, 0.15) is 41.4 Å². The van der Waals surface area contributed by atoms with E-state index >= 15 is 0 Å². The zero-order chi connectivity index (χ0) is 20.3. The Labute approximate surface area is 174 Å². The van der Waals surface area contributed by atoms with Crippen LogP contribution in [-0.4, -0.2) is 29.1 Å². The standard InChI is InChI=1S/C20H19BrF2N2O2S/c1-11-13(6-7-14(22)17(11)23)18-16(20(26)27-2)12(10-21)4-3-5-15(25-18)19-24-8-9-28-19/h6-9,18H,3-5,10H2,1-2H3/b16-12-,25-15?/t18-/m0/s1. The average molecular weight is 469 g/mol. The second-order valence-electron chi connectivity index (χ2n) is 6.39. The number of aromatic nitrogens is 1. The highest BCUT2D eigenvalue weighted by atomic mass is 79.9. The summed E-state index contributed by atoms with van der Waals surface area (Å²) in [5, 5.41) is 3.09. The van der Waals surface area contributed by atoms with Gasteiger partial charge in [0.25, 0.3) is 0 Å². The predicted molar refractivity (Wildman–Crippen MR) is 109 cm³/mol. The van der Waals surface area contributed by atoms with E-state index in [-0.39, 0.29) is 5.56 Å². The Morgan fingerprint density at radius 2 is 2.14 bits per heavy atom. The van der Waals surface area contributed by atoms with E-state index in [0.717, 1.165) is 28.8 Å². The molecule has 8 heteroatoms. The molecule has 4 nitrogen and oxygen atoms in total. The Hall–Kier alpha value is -1.93. The molecule has 3 rings (SSSR count). The van der Waals surface area contributed by atoms with Gasteiger partial charge in [-0.15, -0.1) is 11.3 Å². The molecule has 0 radical (unpaired) electrons. The van der Waals surface area contributed by atoms with E-state index in [1.165, 1.54) is 31.4 Å². The molecule has 28 heavy (non-hydrogen) atoms. The summed E-state index contributed by atoms with van der Waals surface area (Å²) in [5.41, 5.74) is 2.53. The van der Waals surface area contributed by atoms with E-state index in [9.17, 15) is 13.6 Å². The molecule has 0 amide bonds. The molecule has 1 aromatic heterocycles. The van der Waals surface area contributed by atoms with Crippen molar-refractivity contribution < 1.29 is 18.3 Å². The first-order chi connectivity index (χ1) is 13.5. The number of carbonyl (C=O) groups excluding carboxylic acids is 1. The number of hydrogen-bond acceptors (Lipinski definition) is 5. The number of thiazole rings is 1. The molecule has 0 N–H and O–H groups in total. The minimum Gasteiger partial charge on any atom is -0.466 e. The van der Waals surface area contributed by atoms with E-state index in [0.29, 0.717) is 29.3 Å². The maximum atomic E-state index is 14.3. The van der Waals surface area contributed by atoms with Crippen molar-refractivity contribution in [1.82, 2.24) is 4.98 Å². The molecular weight excluding hydrogens is 450 g/mol. The Morgan fingerprint density at radius 3 is 2.79 bits per heavy atom. The lowest BCUT2D eigenvalue weighted by Crippen LogP contribution is -2.20. The van der Waals surface area contributed by atoms with Gasteiger partial charge in [0.2, 0.25) is 0 Å². The summed E-state index contributed by atoms with van der Waals surface area (Å²) in [6, 6.07) is 1.75. The average Bonchev–Trinajstić information content (AvgIpc) is 3.21. The molecule has 1 aliphatic heterocycles. The van der Waals surface area contributed by atoms with Crippen LogP contribution in [0.5, 0.6) is 0 Å². The fraction of sp³-hybridized carbons (Fsp3) is 0.350. The van der Waals surface area contributed by atoms with Crippen LogP contribution in [0.15, 0.2) is 39.8 Å². The van der Waals surface area contributed by atoms with E-state index in [1.807, 2.05) is 5.38 Å². The van der Waals surface area contributed by atoms with Crippen LogP contribution in [0.3, 0.4) is 0 Å². The number of carbonyl (C=O) groups is 1. The van der Waals surface area contributed by atoms with Gasteiger partial charge in [0, 0.05) is 16.9 Å². The Balaban J connectivity index is 2.27. The van der Waals surface area contributed by atoms with E-state index in [2.05, 4.69) is 20.9 Å². The number of alkyl halides is 1. The van der Waals surface area contributed by atoms with Gasteiger partial charge in [-0.1, -0.05) is 22.0 Å². The van der Waals surface area contributed by atoms with Crippen LogP contribution >= 0.6 is 27.3 Å². The number of halogens is 3. The second-order valence-corrected chi connectivity index (χ2v) is 7.84. The minimum atomic E-state index is -0.935. The van der Waals surface area contributed by atoms with Crippen molar-refractivity contribution >= 4 is 38.9 Å². The van der Waals surface area contributed by atoms with Crippen molar-refractivity contribution in [1.29, 1.82) is 0 Å². The molecule has 0 saturated carbocycles. The molecule has 148 valence electrons. The highest BCUT2D eigenvalue weighted by Crippen LogP contribution is 2.37. The van der Waals surface area contributed by atoms with Gasteiger partial charge >= 0.3 is 5.97 Å². The summed E-state index contributed by atoms with van der Waals surface area (Å²) in [6.45, 7) is 1.49. The summed E-state index contributed by atoms with van der Waals surface area (Å²) in [6.07, 6.45) is 3.83. The van der Waals surface area contributed by atoms with Gasteiger partial charge in [-0.05, 0) is 49.0 Å². The van der Waals surface area contributed by atoms with Gasteiger partial charge in [-0.3, -0.25) is 4.99 Å². The van der Waals surface area contributed by atoms with Crippen molar-refractivity contribution in [2.24, 2.45) is 4.99 Å². The molecule has 2 aromatic rings. The van der Waals surface area contributed by atoms with Gasteiger partial charge in [0.05, 0.1) is 18.4 Å². The summed E-state index contributed by atoms with van der Waals surface area (Å²) < 4.78 is 33.0. The topological polar surface area (TPSA) is 51.5 Å². The summed E-state index contributed by atoms with van der Waals surface area (Å²) in [5.74, 6) is -2.39. The summed E-state index contributed by atoms with van der Waals surface area (Å²) >= 11 is 4.91. The van der Waals surface area contributed by atoms with E-state index < -0.39 is 23.6 Å². The van der Waals surface area contributed by atoms with Gasteiger partial charge in [-0.2, -0.15) is 0 Å². The third-order valence-corrected chi connectivity index (χ3v) is 6.25. The van der Waals surface area contributed by atoms with Crippen LogP contribution in [0.2, 0.25) is 0 Å². The molecule has 0 spiro atoms. The molecule has 1 aromatic carbocycles. The number of benzene rings is 1. The number of methoxy groups -OCH3 is 1. The first-order valence-corrected chi connectivity index (χ1v) is 10.7. The van der Waals surface area contributed by atoms with E-state index in [1.54, 1.807) is 6.20 Å². The summed E-state index contributed by atoms with van der Waals surface area (Å²) in [7, 11) is 1.31. The highest BCUT2D eigenvalue weighted by molar-refractivity contribution is 9.09. The van der Waals surface area contributed by atoms with Gasteiger partial charge in [0.15, 0.2) is 11.6 Å². The number of esters is 1. The van der Waals surface area contributed by atoms with Crippen molar-refractivity contribution in [3.05, 3.63) is 62.6 Å². The molecule has 1 atom stereocenters. The largest absolute Gasteiger partial charge is 0.466 e. The molecule has 1 aliphatic rings. The summed E-state index contributed by atoms with van der Waals surface area (Å²) in [4.78, 5) is 21.9. The molecule has 0 unspecified atom stereocenters. The van der Waals surface area contributed by atoms with Crippen molar-refractivity contribution in [2.75, 3.05) is 12.4 Å². The van der Waals surface area contributed by atoms with Crippen LogP contribution in [0.25, 0.3) is 0 Å². The zero-order valence-electron chi connectivity index (χ0n) is 15.5. The smallest absolute Gasteiger partial charge is 0.336 e. The minimum absolute atomic E-state index is 0.128. The van der Waals surface area contributed by atoms with Crippen LogP contribution in [0.4, 0.5) is 8.78 Å². The highest BCUT2D eigenvalue weighted by Gasteiger charge is 2.31. The van der Waals surface area contributed by atoms with Crippen molar-refractivity contribution in [2.45, 2.75) is 32.2 Å². The zero-order valence-corrected chi connectivity index (χ0v) is 17.9. The maximum Gasteiger partial charge on any atom is 0.336 e. The number of rotatable bonds is 4. The maximum absolute atomic E-state index is 14.3. The fourth-order valence-corrected chi connectivity index (χ4v) is 4.55. The van der Waals surface area contributed by atoms with Crippen molar-refractivity contribution in [3.8, 4) is 0 Å². The van der Waals surface area contributed by atoms with E-state index in [4.69, 9.17) is 9.73 Å². The molecule has 0 fully saturated rings. The third kappa shape index (κ3) is 4.07. The number of allylic oxidation sites excluding steroid dienone is 1. The predicted octanol–water partition coefficient (Wildman–Crippen LogP) is 5.31. The molecule has 2 heterocycles. The fourth-order valence-electron chi connectivity index (χ4n) is 3.30. The molecular formula is C20H19BrF2N2O2S. The Kier molecular flexibility index (Phi) is 6.72. The SMILES string of the molecule is COC(=O)/C1=C(\CBr)CCCC(c2nccs2)=N[C@H]1c1ccc(F)c(F)c1C. The number of nitrogens with zero attached hydrogens (tertiary/aromatic N) is 2. The lowest BCUT2D eigenvalue weighted by atomic mass is 9.88. The Morgan fingerprint density at radius 1 is 1.36 bits per heavy atom. The molecule has 0 saturated heterocycles. The molecule has 0 bridgehead atoms. The van der Waals surface area contributed by atoms with Gasteiger partial charge in [-0.25, -0.2) is 18.6 Å². The normalized spacial score (nSPS) is 20.3. The van der Waals surface area contributed by atoms with Gasteiger partial charge in [0.1, 0.15) is 11.0 Å². The third-order valence-electron chi connectivity index (χ3n) is 4.75. The van der Waals surface area contributed by atoms with Gasteiger partial charge < -0.3 is 4.74 Å². The lowest BCUT2D eigenvalue weighted by Gasteiger charge is -2.24. The molecule has 0 aliphatic carbocycles. The van der Waals surface area contributed by atoms with Crippen LogP contribution in [-0.2, 0) is 9.53 Å². The number of aliphatic imine (C=N–C) groups is 1. The van der Waals surface area contributed by atoms with Crippen LogP contribution in [0, 0.1) is 18.6 Å². The van der Waals surface area contributed by atoms with Crippen LogP contribution < -0.4 is 0 Å².